The average molecular weight is 646 g/mol. The average Bonchev–Trinajstić information content (AvgIpc) is 2.96. The highest BCUT2D eigenvalue weighted by molar-refractivity contribution is 7.90. The summed E-state index contributed by atoms with van der Waals surface area (Å²) in [5, 5.41) is 0.0468. The molecular formula is C29H27Cl2FN6O4S. The Morgan fingerprint density at radius 2 is 1.93 bits per heavy atom. The monoisotopic (exact) mass is 644 g/mol. The standard InChI is InChI=1S/C29H27Cl2FN6O4S/c1-5-17-10-11-33-28(43(4,41)42)25(17)38-27-18(14-20(31)24(34-27)23-19(30)8-7-9-21(23)32)26(35-29(38)40)37-13-12-36(15-16(37)3)22(39)6-2/h6-11,14,16H,2,5,12-13,15H2,1,3-4H3/t16-/m0/s1. The molecule has 0 bridgehead atoms. The molecule has 1 aromatic carbocycles. The van der Waals surface area contributed by atoms with Gasteiger partial charge in [-0.15, -0.1) is 0 Å². The molecule has 1 saturated heterocycles. The van der Waals surface area contributed by atoms with E-state index in [2.05, 4.69) is 21.5 Å². The summed E-state index contributed by atoms with van der Waals surface area (Å²) in [6, 6.07) is 6.97. The van der Waals surface area contributed by atoms with E-state index in [0.717, 1.165) is 10.8 Å². The fourth-order valence-corrected chi connectivity index (χ4v) is 6.62. The van der Waals surface area contributed by atoms with Crippen LogP contribution in [0, 0.1) is 5.82 Å². The van der Waals surface area contributed by atoms with E-state index in [9.17, 15) is 18.0 Å². The Kier molecular flexibility index (Phi) is 8.30. The molecule has 5 rings (SSSR count). The molecule has 0 saturated carbocycles. The van der Waals surface area contributed by atoms with Gasteiger partial charge in [-0.2, -0.15) is 4.98 Å². The zero-order chi connectivity index (χ0) is 31.2. The van der Waals surface area contributed by atoms with E-state index < -0.39 is 21.3 Å². The third-order valence-corrected chi connectivity index (χ3v) is 8.92. The van der Waals surface area contributed by atoms with Crippen molar-refractivity contribution in [2.45, 2.75) is 31.3 Å². The molecule has 14 heteroatoms. The zero-order valence-electron chi connectivity index (χ0n) is 23.5. The molecule has 1 atom stereocenters. The lowest BCUT2D eigenvalue weighted by molar-refractivity contribution is -0.126. The van der Waals surface area contributed by atoms with Crippen molar-refractivity contribution in [2.75, 3.05) is 30.8 Å². The predicted octanol–water partition coefficient (Wildman–Crippen LogP) is 4.48. The number of halogens is 3. The Bertz CT molecular complexity index is 1950. The fraction of sp³-hybridized carbons (Fsp3) is 0.276. The van der Waals surface area contributed by atoms with Crippen LogP contribution in [0.5, 0.6) is 0 Å². The Hall–Kier alpha value is -3.87. The van der Waals surface area contributed by atoms with Gasteiger partial charge in [0.05, 0.1) is 32.4 Å². The van der Waals surface area contributed by atoms with E-state index in [1.165, 1.54) is 36.5 Å². The van der Waals surface area contributed by atoms with Crippen molar-refractivity contribution >= 4 is 55.8 Å². The second kappa shape index (κ2) is 11.7. The van der Waals surface area contributed by atoms with Gasteiger partial charge >= 0.3 is 5.69 Å². The molecule has 1 amide bonds. The summed E-state index contributed by atoms with van der Waals surface area (Å²) in [5.74, 6) is -0.667. The third kappa shape index (κ3) is 5.50. The molecule has 1 aliphatic heterocycles. The van der Waals surface area contributed by atoms with Gasteiger partial charge in [-0.05, 0) is 49.2 Å². The maximum atomic E-state index is 15.1. The maximum absolute atomic E-state index is 15.1. The molecule has 4 heterocycles. The molecule has 224 valence electrons. The van der Waals surface area contributed by atoms with E-state index in [0.29, 0.717) is 37.0 Å². The smallest absolute Gasteiger partial charge is 0.350 e. The van der Waals surface area contributed by atoms with Crippen molar-refractivity contribution in [1.29, 1.82) is 0 Å². The lowest BCUT2D eigenvalue weighted by atomic mass is 10.1. The van der Waals surface area contributed by atoms with E-state index in [4.69, 9.17) is 23.2 Å². The number of benzene rings is 1. The normalized spacial score (nSPS) is 15.6. The van der Waals surface area contributed by atoms with E-state index >= 15 is 4.39 Å². The second-order valence-corrected chi connectivity index (χ2v) is 12.9. The van der Waals surface area contributed by atoms with Gasteiger partial charge in [0.15, 0.2) is 20.5 Å². The van der Waals surface area contributed by atoms with Crippen LogP contribution in [0.25, 0.3) is 28.0 Å². The van der Waals surface area contributed by atoms with Crippen molar-refractivity contribution in [3.63, 3.8) is 0 Å². The third-order valence-electron chi connectivity index (χ3n) is 7.32. The molecule has 0 radical (unpaired) electrons. The van der Waals surface area contributed by atoms with Crippen LogP contribution < -0.4 is 10.6 Å². The molecule has 43 heavy (non-hydrogen) atoms. The van der Waals surface area contributed by atoms with Gasteiger partial charge in [-0.25, -0.2) is 32.1 Å². The number of piperazine rings is 1. The Morgan fingerprint density at radius 1 is 1.19 bits per heavy atom. The molecule has 0 N–H and O–H groups in total. The van der Waals surface area contributed by atoms with E-state index in [1.54, 1.807) is 17.9 Å². The summed E-state index contributed by atoms with van der Waals surface area (Å²) in [7, 11) is -3.93. The number of aromatic nitrogens is 4. The van der Waals surface area contributed by atoms with Crippen LogP contribution in [0.2, 0.25) is 10.0 Å². The number of amides is 1. The second-order valence-electron chi connectivity index (χ2n) is 10.1. The highest BCUT2D eigenvalue weighted by Crippen LogP contribution is 2.38. The predicted molar refractivity (Wildman–Crippen MR) is 164 cm³/mol. The highest BCUT2D eigenvalue weighted by atomic mass is 35.5. The van der Waals surface area contributed by atoms with Crippen LogP contribution >= 0.6 is 23.2 Å². The lowest BCUT2D eigenvalue weighted by Gasteiger charge is -2.40. The summed E-state index contributed by atoms with van der Waals surface area (Å²) < 4.78 is 42.0. The Morgan fingerprint density at radius 3 is 2.56 bits per heavy atom. The summed E-state index contributed by atoms with van der Waals surface area (Å²) in [6.07, 6.45) is 3.95. The van der Waals surface area contributed by atoms with Crippen LogP contribution in [0.3, 0.4) is 0 Å². The minimum atomic E-state index is -3.93. The molecule has 4 aromatic rings. The number of rotatable bonds is 6. The highest BCUT2D eigenvalue weighted by Gasteiger charge is 2.31. The molecule has 0 spiro atoms. The summed E-state index contributed by atoms with van der Waals surface area (Å²) in [5.41, 5.74) is -0.467. The number of anilines is 1. The minimum Gasteiger partial charge on any atom is -0.350 e. The Labute approximate surface area is 257 Å². The van der Waals surface area contributed by atoms with Crippen LogP contribution in [0.15, 0.2) is 59.0 Å². The number of carbonyl (C=O) groups excluding carboxylic acids is 1. The molecule has 1 fully saturated rings. The van der Waals surface area contributed by atoms with Gasteiger partial charge in [0.2, 0.25) is 5.91 Å². The minimum absolute atomic E-state index is 0.00333. The molecular weight excluding hydrogens is 618 g/mol. The van der Waals surface area contributed by atoms with Gasteiger partial charge in [0, 0.05) is 38.1 Å². The van der Waals surface area contributed by atoms with Crippen molar-refractivity contribution in [3.8, 4) is 16.9 Å². The number of sulfone groups is 1. The van der Waals surface area contributed by atoms with E-state index in [1.807, 2.05) is 11.8 Å². The van der Waals surface area contributed by atoms with Crippen LogP contribution in [-0.2, 0) is 21.1 Å². The quantitative estimate of drug-likeness (QED) is 0.282. The molecule has 1 aliphatic rings. The fourth-order valence-electron chi connectivity index (χ4n) is 5.30. The summed E-state index contributed by atoms with van der Waals surface area (Å²) >= 11 is 13.1. The summed E-state index contributed by atoms with van der Waals surface area (Å²) in [4.78, 5) is 42.9. The molecule has 0 aliphatic carbocycles. The van der Waals surface area contributed by atoms with Crippen molar-refractivity contribution in [3.05, 3.63) is 81.1 Å². The number of carbonyl (C=O) groups is 1. The number of pyridine rings is 2. The topological polar surface area (TPSA) is 118 Å². The number of hydrogen-bond acceptors (Lipinski definition) is 8. The van der Waals surface area contributed by atoms with Crippen LogP contribution in [0.4, 0.5) is 10.2 Å². The van der Waals surface area contributed by atoms with Crippen molar-refractivity contribution < 1.29 is 17.6 Å². The van der Waals surface area contributed by atoms with E-state index in [-0.39, 0.29) is 55.4 Å². The van der Waals surface area contributed by atoms with Crippen LogP contribution in [0.1, 0.15) is 19.4 Å². The number of aryl methyl sites for hydroxylation is 1. The zero-order valence-corrected chi connectivity index (χ0v) is 25.8. The Balaban J connectivity index is 1.88. The van der Waals surface area contributed by atoms with Gasteiger partial charge in [-0.1, -0.05) is 42.8 Å². The van der Waals surface area contributed by atoms with Gasteiger partial charge in [0.1, 0.15) is 11.6 Å². The first-order chi connectivity index (χ1) is 20.4. The first kappa shape index (κ1) is 30.6. The molecule has 0 unspecified atom stereocenters. The number of hydrogen-bond donors (Lipinski definition) is 0. The first-order valence-corrected chi connectivity index (χ1v) is 16.0. The van der Waals surface area contributed by atoms with Crippen LogP contribution in [-0.4, -0.2) is 70.7 Å². The van der Waals surface area contributed by atoms with Gasteiger partial charge in [0.25, 0.3) is 0 Å². The largest absolute Gasteiger partial charge is 0.355 e. The first-order valence-electron chi connectivity index (χ1n) is 13.3. The van der Waals surface area contributed by atoms with Gasteiger partial charge < -0.3 is 9.80 Å². The van der Waals surface area contributed by atoms with Crippen molar-refractivity contribution in [1.82, 2.24) is 24.4 Å². The molecule has 10 nitrogen and oxygen atoms in total. The number of nitrogens with zero attached hydrogens (tertiary/aromatic N) is 6. The maximum Gasteiger partial charge on any atom is 0.355 e. The van der Waals surface area contributed by atoms with Crippen molar-refractivity contribution in [2.24, 2.45) is 0 Å². The SMILES string of the molecule is C=CC(=O)N1CCN(c2nc(=O)n(-c3c(CC)ccnc3S(C)(=O)=O)c3nc(-c4c(F)cccc4Cl)c(Cl)cc23)[C@@H](C)C1. The van der Waals surface area contributed by atoms with Gasteiger partial charge in [-0.3, -0.25) is 4.79 Å². The summed E-state index contributed by atoms with van der Waals surface area (Å²) in [6.45, 7) is 8.24. The number of fused-ring (bicyclic) bond motifs is 1. The molecule has 3 aromatic heterocycles. The lowest BCUT2D eigenvalue weighted by Crippen LogP contribution is -2.54.